The van der Waals surface area contributed by atoms with E-state index in [2.05, 4.69) is 19.2 Å². The van der Waals surface area contributed by atoms with Crippen LogP contribution in [0.15, 0.2) is 18.2 Å². The first kappa shape index (κ1) is 15.1. The lowest BCUT2D eigenvalue weighted by atomic mass is 9.88. The van der Waals surface area contributed by atoms with Gasteiger partial charge in [0, 0.05) is 18.7 Å². The van der Waals surface area contributed by atoms with Crippen molar-refractivity contribution >= 4 is 0 Å². The molecule has 1 aromatic rings. The molecule has 2 atom stereocenters. The van der Waals surface area contributed by atoms with Crippen LogP contribution in [0.1, 0.15) is 32.8 Å². The molecule has 112 valence electrons. The van der Waals surface area contributed by atoms with Crippen LogP contribution in [0, 0.1) is 5.92 Å². The summed E-state index contributed by atoms with van der Waals surface area (Å²) in [5.41, 5.74) is 0.378. The van der Waals surface area contributed by atoms with E-state index in [0.717, 1.165) is 23.5 Å². The Kier molecular flexibility index (Phi) is 4.89. The number of hydrogen-bond acceptors (Lipinski definition) is 4. The van der Waals surface area contributed by atoms with Gasteiger partial charge in [-0.2, -0.15) is 0 Å². The van der Waals surface area contributed by atoms with E-state index < -0.39 is 5.60 Å². The van der Waals surface area contributed by atoms with Gasteiger partial charge in [0.05, 0.1) is 5.60 Å². The van der Waals surface area contributed by atoms with E-state index in [-0.39, 0.29) is 5.92 Å². The van der Waals surface area contributed by atoms with Crippen molar-refractivity contribution in [2.75, 3.05) is 19.8 Å². The molecule has 2 N–H and O–H groups in total. The van der Waals surface area contributed by atoms with Crippen LogP contribution in [-0.4, -0.2) is 30.5 Å². The fraction of sp³-hybridized carbons (Fsp3) is 0.625. The van der Waals surface area contributed by atoms with Gasteiger partial charge in [0.15, 0.2) is 11.5 Å². The molecule has 1 aromatic carbocycles. The number of ether oxygens (including phenoxy) is 2. The predicted octanol–water partition coefficient (Wildman–Crippen LogP) is 2.34. The molecule has 0 saturated carbocycles. The largest absolute Gasteiger partial charge is 0.486 e. The zero-order chi connectivity index (χ0) is 14.6. The lowest BCUT2D eigenvalue weighted by Crippen LogP contribution is -2.42. The van der Waals surface area contributed by atoms with Crippen molar-refractivity contribution in [1.82, 2.24) is 5.32 Å². The summed E-state index contributed by atoms with van der Waals surface area (Å²) in [5, 5.41) is 13.7. The molecule has 2 rings (SSSR count). The molecule has 0 bridgehead atoms. The average molecular weight is 279 g/mol. The number of nitrogens with one attached hydrogen (secondary N) is 1. The van der Waals surface area contributed by atoms with Gasteiger partial charge in [0.25, 0.3) is 0 Å². The van der Waals surface area contributed by atoms with Crippen molar-refractivity contribution in [3.05, 3.63) is 23.8 Å². The average Bonchev–Trinajstić information content (AvgIpc) is 2.46. The number of fused-ring (bicyclic) bond motifs is 1. The maximum atomic E-state index is 10.4. The highest BCUT2D eigenvalue weighted by atomic mass is 16.6. The van der Waals surface area contributed by atoms with Gasteiger partial charge in [-0.1, -0.05) is 32.4 Å². The smallest absolute Gasteiger partial charge is 0.165 e. The van der Waals surface area contributed by atoms with Gasteiger partial charge in [-0.15, -0.1) is 0 Å². The second-order valence-electron chi connectivity index (χ2n) is 5.71. The topological polar surface area (TPSA) is 50.7 Å². The zero-order valence-electron chi connectivity index (χ0n) is 12.6. The summed E-state index contributed by atoms with van der Waals surface area (Å²) in [4.78, 5) is 0. The van der Waals surface area contributed by atoms with Crippen molar-refractivity contribution in [2.24, 2.45) is 5.92 Å². The summed E-state index contributed by atoms with van der Waals surface area (Å²) in [5.74, 6) is 1.90. The van der Waals surface area contributed by atoms with Gasteiger partial charge in [0.2, 0.25) is 0 Å². The molecule has 0 aliphatic carbocycles. The summed E-state index contributed by atoms with van der Waals surface area (Å²) >= 11 is 0. The second-order valence-corrected chi connectivity index (χ2v) is 5.71. The van der Waals surface area contributed by atoms with Crippen molar-refractivity contribution < 1.29 is 14.6 Å². The minimum Gasteiger partial charge on any atom is -0.486 e. The SMILES string of the molecule is CCC(C)C(C)(O)CNCc1cccc2c1OCCO2. The first-order valence-electron chi connectivity index (χ1n) is 7.35. The molecule has 4 heteroatoms. The third kappa shape index (κ3) is 3.44. The Hall–Kier alpha value is -1.26. The number of aliphatic hydroxyl groups is 1. The van der Waals surface area contributed by atoms with Crippen LogP contribution in [0.4, 0.5) is 0 Å². The normalized spacial score (nSPS) is 18.4. The Morgan fingerprint density at radius 3 is 2.85 bits per heavy atom. The van der Waals surface area contributed by atoms with E-state index >= 15 is 0 Å². The highest BCUT2D eigenvalue weighted by Gasteiger charge is 2.26. The zero-order valence-corrected chi connectivity index (χ0v) is 12.6. The van der Waals surface area contributed by atoms with Crippen molar-refractivity contribution in [2.45, 2.75) is 39.3 Å². The van der Waals surface area contributed by atoms with Gasteiger partial charge >= 0.3 is 0 Å². The molecule has 0 aromatic heterocycles. The van der Waals surface area contributed by atoms with Gasteiger partial charge in [-0.05, 0) is 18.9 Å². The second kappa shape index (κ2) is 6.46. The molecule has 0 amide bonds. The molecule has 0 saturated heterocycles. The lowest BCUT2D eigenvalue weighted by Gasteiger charge is -2.30. The summed E-state index contributed by atoms with van der Waals surface area (Å²) in [7, 11) is 0. The van der Waals surface area contributed by atoms with Crippen molar-refractivity contribution in [1.29, 1.82) is 0 Å². The quantitative estimate of drug-likeness (QED) is 0.839. The standard InChI is InChI=1S/C16H25NO3/c1-4-12(2)16(3,18)11-17-10-13-6-5-7-14-15(13)20-9-8-19-14/h5-7,12,17-18H,4,8-11H2,1-3H3. The predicted molar refractivity (Wildman–Crippen MR) is 79.2 cm³/mol. The number of rotatable bonds is 6. The Morgan fingerprint density at radius 1 is 1.35 bits per heavy atom. The molecule has 0 fully saturated rings. The van der Waals surface area contributed by atoms with Crippen LogP contribution in [0.25, 0.3) is 0 Å². The van der Waals surface area contributed by atoms with Crippen LogP contribution in [0.5, 0.6) is 11.5 Å². The molecule has 1 aliphatic heterocycles. The van der Waals surface area contributed by atoms with Crippen LogP contribution in [-0.2, 0) is 6.54 Å². The van der Waals surface area contributed by atoms with Gasteiger partial charge in [-0.25, -0.2) is 0 Å². The Morgan fingerprint density at radius 2 is 2.10 bits per heavy atom. The number of hydrogen-bond donors (Lipinski definition) is 2. The highest BCUT2D eigenvalue weighted by Crippen LogP contribution is 2.33. The van der Waals surface area contributed by atoms with Crippen LogP contribution in [0.2, 0.25) is 0 Å². The summed E-state index contributed by atoms with van der Waals surface area (Å²) < 4.78 is 11.2. The maximum absolute atomic E-state index is 10.4. The van der Waals surface area contributed by atoms with E-state index in [4.69, 9.17) is 9.47 Å². The van der Waals surface area contributed by atoms with Crippen molar-refractivity contribution in [3.8, 4) is 11.5 Å². The number of para-hydroxylation sites is 1. The van der Waals surface area contributed by atoms with Crippen LogP contribution in [0.3, 0.4) is 0 Å². The summed E-state index contributed by atoms with van der Waals surface area (Å²) in [6, 6.07) is 5.92. The van der Waals surface area contributed by atoms with E-state index in [9.17, 15) is 5.11 Å². The van der Waals surface area contributed by atoms with E-state index in [0.29, 0.717) is 26.3 Å². The van der Waals surface area contributed by atoms with E-state index in [1.165, 1.54) is 0 Å². The third-order valence-corrected chi connectivity index (χ3v) is 4.12. The summed E-state index contributed by atoms with van der Waals surface area (Å²) in [6.07, 6.45) is 0.965. The molecule has 20 heavy (non-hydrogen) atoms. The van der Waals surface area contributed by atoms with Gasteiger partial charge in [-0.3, -0.25) is 0 Å². The molecule has 1 aliphatic rings. The maximum Gasteiger partial charge on any atom is 0.165 e. The van der Waals surface area contributed by atoms with Gasteiger partial charge in [0.1, 0.15) is 13.2 Å². The fourth-order valence-corrected chi connectivity index (χ4v) is 2.34. The first-order valence-corrected chi connectivity index (χ1v) is 7.35. The first-order chi connectivity index (χ1) is 9.54. The highest BCUT2D eigenvalue weighted by molar-refractivity contribution is 5.47. The molecule has 4 nitrogen and oxygen atoms in total. The minimum atomic E-state index is -0.694. The molecule has 1 heterocycles. The monoisotopic (exact) mass is 279 g/mol. The van der Waals surface area contributed by atoms with E-state index in [1.807, 2.05) is 25.1 Å². The number of benzene rings is 1. The van der Waals surface area contributed by atoms with Gasteiger partial charge < -0.3 is 19.9 Å². The van der Waals surface area contributed by atoms with E-state index in [1.54, 1.807) is 0 Å². The van der Waals surface area contributed by atoms with Crippen molar-refractivity contribution in [3.63, 3.8) is 0 Å². The molecule has 0 spiro atoms. The Balaban J connectivity index is 1.95. The minimum absolute atomic E-state index is 0.263. The van der Waals surface area contributed by atoms with Crippen LogP contribution >= 0.6 is 0 Å². The Labute approximate surface area is 121 Å². The molecular weight excluding hydrogens is 254 g/mol. The van der Waals surface area contributed by atoms with Crippen LogP contribution < -0.4 is 14.8 Å². The lowest BCUT2D eigenvalue weighted by molar-refractivity contribution is 0.00528. The Bertz CT molecular complexity index is 445. The molecular formula is C16H25NO3. The third-order valence-electron chi connectivity index (χ3n) is 4.12. The molecule has 0 radical (unpaired) electrons. The fourth-order valence-electron chi connectivity index (χ4n) is 2.34. The summed E-state index contributed by atoms with van der Waals surface area (Å²) in [6.45, 7) is 8.47. The molecule has 2 unspecified atom stereocenters.